The van der Waals surface area contributed by atoms with E-state index in [0.717, 1.165) is 61.7 Å². The lowest BCUT2D eigenvalue weighted by Gasteiger charge is -2.45. The summed E-state index contributed by atoms with van der Waals surface area (Å²) in [6, 6.07) is 7.47. The first-order valence-electron chi connectivity index (χ1n) is 11.7. The average molecular weight is 449 g/mol. The highest BCUT2D eigenvalue weighted by Crippen LogP contribution is 2.37. The number of carbonyl (C=O) groups excluding carboxylic acids is 1. The third-order valence-corrected chi connectivity index (χ3v) is 7.38. The van der Waals surface area contributed by atoms with Crippen LogP contribution in [-0.4, -0.2) is 65.6 Å². The van der Waals surface area contributed by atoms with Gasteiger partial charge in [-0.1, -0.05) is 0 Å². The molecule has 1 amide bonds. The van der Waals surface area contributed by atoms with Gasteiger partial charge in [-0.15, -0.1) is 0 Å². The van der Waals surface area contributed by atoms with Crippen molar-refractivity contribution in [2.24, 2.45) is 0 Å². The maximum absolute atomic E-state index is 13.5. The third kappa shape index (κ3) is 3.82. The van der Waals surface area contributed by atoms with Gasteiger partial charge in [0, 0.05) is 24.5 Å². The SMILES string of the molecule is COc1ccc(NC(=O)C2(N(C)C)CCN(c3ncnc4[nH]c5c(c34)CCCC5)CC2)cc1. The van der Waals surface area contributed by atoms with Gasteiger partial charge in [0.1, 0.15) is 29.1 Å². The lowest BCUT2D eigenvalue weighted by Crippen LogP contribution is -2.59. The van der Waals surface area contributed by atoms with Crippen molar-refractivity contribution in [1.82, 2.24) is 19.9 Å². The normalized spacial score (nSPS) is 17.8. The monoisotopic (exact) mass is 448 g/mol. The number of aromatic amines is 1. The summed E-state index contributed by atoms with van der Waals surface area (Å²) in [5, 5.41) is 4.29. The van der Waals surface area contributed by atoms with E-state index in [1.54, 1.807) is 13.4 Å². The molecule has 1 saturated heterocycles. The van der Waals surface area contributed by atoms with Crippen LogP contribution in [0.3, 0.4) is 0 Å². The zero-order chi connectivity index (χ0) is 23.0. The number of hydrogen-bond acceptors (Lipinski definition) is 6. The van der Waals surface area contributed by atoms with Crippen LogP contribution < -0.4 is 15.0 Å². The number of amides is 1. The predicted octanol–water partition coefficient (Wildman–Crippen LogP) is 3.38. The quantitative estimate of drug-likeness (QED) is 0.622. The van der Waals surface area contributed by atoms with E-state index in [-0.39, 0.29) is 5.91 Å². The third-order valence-electron chi connectivity index (χ3n) is 7.38. The van der Waals surface area contributed by atoms with Gasteiger partial charge in [-0.2, -0.15) is 0 Å². The summed E-state index contributed by atoms with van der Waals surface area (Å²) in [4.78, 5) is 30.6. The first kappa shape index (κ1) is 21.7. The highest BCUT2D eigenvalue weighted by molar-refractivity contribution is 5.98. The molecule has 33 heavy (non-hydrogen) atoms. The van der Waals surface area contributed by atoms with Gasteiger partial charge in [0.25, 0.3) is 0 Å². The second kappa shape index (κ2) is 8.67. The Balaban J connectivity index is 1.37. The van der Waals surface area contributed by atoms with Crippen LogP contribution in [0.1, 0.15) is 36.9 Å². The van der Waals surface area contributed by atoms with E-state index < -0.39 is 5.54 Å². The van der Waals surface area contributed by atoms with Gasteiger partial charge < -0.3 is 19.9 Å². The zero-order valence-corrected chi connectivity index (χ0v) is 19.6. The van der Waals surface area contributed by atoms with Gasteiger partial charge >= 0.3 is 0 Å². The molecular weight excluding hydrogens is 416 g/mol. The maximum Gasteiger partial charge on any atom is 0.245 e. The van der Waals surface area contributed by atoms with Crippen LogP contribution in [0.4, 0.5) is 11.5 Å². The predicted molar refractivity (Wildman–Crippen MR) is 130 cm³/mol. The van der Waals surface area contributed by atoms with Crippen molar-refractivity contribution >= 4 is 28.4 Å². The minimum absolute atomic E-state index is 0.0316. The molecule has 1 aliphatic carbocycles. The molecule has 0 unspecified atom stereocenters. The van der Waals surface area contributed by atoms with E-state index in [4.69, 9.17) is 9.72 Å². The van der Waals surface area contributed by atoms with Crippen LogP contribution in [0, 0.1) is 0 Å². The molecule has 2 aromatic heterocycles. The molecule has 0 radical (unpaired) electrons. The lowest BCUT2D eigenvalue weighted by atomic mass is 9.85. The Bertz CT molecular complexity index is 1150. The molecule has 8 nitrogen and oxygen atoms in total. The zero-order valence-electron chi connectivity index (χ0n) is 19.6. The van der Waals surface area contributed by atoms with Crippen molar-refractivity contribution in [3.63, 3.8) is 0 Å². The molecule has 3 aromatic rings. The van der Waals surface area contributed by atoms with E-state index in [1.165, 1.54) is 29.5 Å². The first-order chi connectivity index (χ1) is 16.0. The Hall–Kier alpha value is -3.13. The molecule has 0 spiro atoms. The molecule has 1 aromatic carbocycles. The number of piperidine rings is 1. The first-order valence-corrected chi connectivity index (χ1v) is 11.7. The van der Waals surface area contributed by atoms with E-state index in [9.17, 15) is 4.79 Å². The van der Waals surface area contributed by atoms with E-state index in [0.29, 0.717) is 0 Å². The van der Waals surface area contributed by atoms with Crippen LogP contribution in [0.5, 0.6) is 5.75 Å². The Morgan fingerprint density at radius 3 is 2.55 bits per heavy atom. The number of anilines is 2. The van der Waals surface area contributed by atoms with Crippen LogP contribution in [0.15, 0.2) is 30.6 Å². The summed E-state index contributed by atoms with van der Waals surface area (Å²) in [5.74, 6) is 1.80. The molecule has 1 fully saturated rings. The van der Waals surface area contributed by atoms with Crippen molar-refractivity contribution < 1.29 is 9.53 Å². The summed E-state index contributed by atoms with van der Waals surface area (Å²) in [5.41, 5.74) is 3.85. The molecule has 174 valence electrons. The second-order valence-electron chi connectivity index (χ2n) is 9.31. The number of aromatic nitrogens is 3. The molecule has 2 N–H and O–H groups in total. The van der Waals surface area contributed by atoms with E-state index in [1.807, 2.05) is 38.4 Å². The van der Waals surface area contributed by atoms with Gasteiger partial charge in [-0.25, -0.2) is 9.97 Å². The Kier molecular flexibility index (Phi) is 5.70. The fourth-order valence-electron chi connectivity index (χ4n) is 5.34. The average Bonchev–Trinajstić information content (AvgIpc) is 3.23. The molecular formula is C25H32N6O2. The summed E-state index contributed by atoms with van der Waals surface area (Å²) >= 11 is 0. The number of rotatable bonds is 5. The smallest absolute Gasteiger partial charge is 0.245 e. The number of H-pyrrole nitrogens is 1. The highest BCUT2D eigenvalue weighted by atomic mass is 16.5. The van der Waals surface area contributed by atoms with Crippen molar-refractivity contribution in [3.8, 4) is 5.75 Å². The molecule has 0 atom stereocenters. The van der Waals surface area contributed by atoms with Crippen LogP contribution in [0.2, 0.25) is 0 Å². The number of methoxy groups -OCH3 is 1. The molecule has 0 saturated carbocycles. The fraction of sp³-hybridized carbons (Fsp3) is 0.480. The topological polar surface area (TPSA) is 86.4 Å². The molecule has 2 aliphatic rings. The van der Waals surface area contributed by atoms with Crippen LogP contribution in [0.25, 0.3) is 11.0 Å². The van der Waals surface area contributed by atoms with Gasteiger partial charge in [0.05, 0.1) is 12.5 Å². The molecule has 8 heteroatoms. The number of likely N-dealkylation sites (N-methyl/N-ethyl adjacent to an activating group) is 1. The number of aryl methyl sites for hydroxylation is 2. The van der Waals surface area contributed by atoms with Gasteiger partial charge in [-0.05, 0) is 82.4 Å². The number of carbonyl (C=O) groups is 1. The molecule has 0 bridgehead atoms. The Labute approximate surface area is 194 Å². The Morgan fingerprint density at radius 2 is 1.85 bits per heavy atom. The summed E-state index contributed by atoms with van der Waals surface area (Å²) in [6.45, 7) is 1.53. The fourth-order valence-corrected chi connectivity index (χ4v) is 5.34. The van der Waals surface area contributed by atoms with E-state index >= 15 is 0 Å². The van der Waals surface area contributed by atoms with Crippen molar-refractivity contribution in [3.05, 3.63) is 41.9 Å². The molecule has 3 heterocycles. The number of hydrogen-bond donors (Lipinski definition) is 2. The second-order valence-corrected chi connectivity index (χ2v) is 9.31. The largest absolute Gasteiger partial charge is 0.497 e. The number of nitrogens with zero attached hydrogens (tertiary/aromatic N) is 4. The van der Waals surface area contributed by atoms with Crippen LogP contribution in [-0.2, 0) is 17.6 Å². The molecule has 5 rings (SSSR count). The van der Waals surface area contributed by atoms with Crippen molar-refractivity contribution in [2.75, 3.05) is 44.5 Å². The van der Waals surface area contributed by atoms with Crippen molar-refractivity contribution in [1.29, 1.82) is 0 Å². The minimum Gasteiger partial charge on any atom is -0.497 e. The lowest BCUT2D eigenvalue weighted by molar-refractivity contribution is -0.127. The Morgan fingerprint density at radius 1 is 1.12 bits per heavy atom. The molecule has 1 aliphatic heterocycles. The van der Waals surface area contributed by atoms with Crippen LogP contribution >= 0.6 is 0 Å². The summed E-state index contributed by atoms with van der Waals surface area (Å²) in [7, 11) is 5.63. The highest BCUT2D eigenvalue weighted by Gasteiger charge is 2.44. The number of ether oxygens (including phenoxy) is 1. The summed E-state index contributed by atoms with van der Waals surface area (Å²) < 4.78 is 5.22. The van der Waals surface area contributed by atoms with E-state index in [2.05, 4.69) is 25.1 Å². The number of benzene rings is 1. The minimum atomic E-state index is -0.569. The van der Waals surface area contributed by atoms with Gasteiger partial charge in [0.2, 0.25) is 5.91 Å². The number of fused-ring (bicyclic) bond motifs is 3. The maximum atomic E-state index is 13.5. The van der Waals surface area contributed by atoms with Gasteiger partial charge in [-0.3, -0.25) is 9.69 Å². The standard InChI is InChI=1S/C25H32N6O2/c1-30(2)25(24(32)28-17-8-10-18(33-3)11-9-17)12-14-31(15-13-25)23-21-19-6-4-5-7-20(19)29-22(21)26-16-27-23/h8-11,16H,4-7,12-15H2,1-3H3,(H,28,32)(H,26,27,29). The van der Waals surface area contributed by atoms with Gasteiger partial charge in [0.15, 0.2) is 0 Å². The summed E-state index contributed by atoms with van der Waals surface area (Å²) in [6.07, 6.45) is 7.70. The number of nitrogens with one attached hydrogen (secondary N) is 2. The van der Waals surface area contributed by atoms with Crippen molar-refractivity contribution in [2.45, 2.75) is 44.1 Å².